The lowest BCUT2D eigenvalue weighted by atomic mass is 9.45. The van der Waals surface area contributed by atoms with Gasteiger partial charge in [0.05, 0.1) is 48.6 Å². The molecule has 0 bridgehead atoms. The van der Waals surface area contributed by atoms with Crippen molar-refractivity contribution < 1.29 is 98.6 Å². The first-order chi connectivity index (χ1) is 44.2. The molecular weight excluding hydrogens is 1210 g/mol. The molecule has 29 nitrogen and oxygen atoms in total. The number of ketones is 2. The molecule has 4 heterocycles. The number of amides is 1. The zero-order chi connectivity index (χ0) is 68.0. The summed E-state index contributed by atoms with van der Waals surface area (Å²) in [5, 5.41) is 109. The minimum absolute atomic E-state index is 0.0697. The Morgan fingerprint density at radius 1 is 0.753 bits per heavy atom. The van der Waals surface area contributed by atoms with Gasteiger partial charge in [0, 0.05) is 61.6 Å². The molecule has 3 saturated heterocycles. The Balaban J connectivity index is 0.000000189. The van der Waals surface area contributed by atoms with Gasteiger partial charge in [-0.3, -0.25) is 14.4 Å². The molecule has 7 fully saturated rings. The molecule has 93 heavy (non-hydrogen) atoms. The highest BCUT2D eigenvalue weighted by Gasteiger charge is 2.68. The van der Waals surface area contributed by atoms with Gasteiger partial charge in [-0.25, -0.2) is 4.98 Å². The van der Waals surface area contributed by atoms with E-state index in [0.717, 1.165) is 69.1 Å². The Morgan fingerprint density at radius 2 is 1.37 bits per heavy atom. The van der Waals surface area contributed by atoms with Crippen molar-refractivity contribution in [3.05, 3.63) is 47.5 Å². The second-order valence-electron chi connectivity index (χ2n) is 26.8. The van der Waals surface area contributed by atoms with Crippen molar-refractivity contribution in [2.24, 2.45) is 63.0 Å². The maximum atomic E-state index is 12.7. The molecule has 0 radical (unpaired) electrons. The van der Waals surface area contributed by atoms with Gasteiger partial charge in [-0.1, -0.05) is 64.8 Å². The molecule has 2 aromatic rings. The van der Waals surface area contributed by atoms with Gasteiger partial charge >= 0.3 is 0 Å². The summed E-state index contributed by atoms with van der Waals surface area (Å²) in [6.07, 6.45) is -12.0. The van der Waals surface area contributed by atoms with E-state index in [1.807, 2.05) is 31.2 Å². The number of carbonyl (C=O) groups is 3. The zero-order valence-corrected chi connectivity index (χ0v) is 54.1. The Hall–Kier alpha value is -3.94. The van der Waals surface area contributed by atoms with Gasteiger partial charge in [-0.2, -0.15) is 0 Å². The third kappa shape index (κ3) is 15.5. The van der Waals surface area contributed by atoms with Crippen LogP contribution in [-0.4, -0.2) is 266 Å². The van der Waals surface area contributed by atoms with Crippen molar-refractivity contribution in [2.75, 3.05) is 59.1 Å². The first-order valence-corrected chi connectivity index (χ1v) is 33.1. The summed E-state index contributed by atoms with van der Waals surface area (Å²) in [5.74, 6) is 0.577. The van der Waals surface area contributed by atoms with E-state index in [0.29, 0.717) is 43.9 Å². The number of fused-ring (bicyclic) bond motifs is 6. The smallest absolute Gasteiger partial charge is 0.252 e. The van der Waals surface area contributed by atoms with Crippen molar-refractivity contribution in [1.82, 2.24) is 15.2 Å². The number of Topliss-reactive ketones (excluding diaryl/α,β-unsaturated/α-hetero) is 1. The maximum absolute atomic E-state index is 12.7. The Labute approximate surface area is 542 Å². The van der Waals surface area contributed by atoms with Crippen LogP contribution in [0, 0.1) is 28.6 Å². The molecule has 4 saturated carbocycles. The molecule has 1 amide bonds. The number of hydrogen-bond acceptors (Lipinski definition) is 28. The van der Waals surface area contributed by atoms with Gasteiger partial charge in [0.2, 0.25) is 5.88 Å². The second-order valence-corrected chi connectivity index (χ2v) is 26.8. The van der Waals surface area contributed by atoms with Gasteiger partial charge < -0.3 is 129 Å². The van der Waals surface area contributed by atoms with Crippen LogP contribution in [-0.2, 0) is 38.0 Å². The Kier molecular flexibility index (Phi) is 25.9. The Morgan fingerprint density at radius 3 is 1.97 bits per heavy atom. The van der Waals surface area contributed by atoms with Crippen molar-refractivity contribution in [3.63, 3.8) is 0 Å². The quantitative estimate of drug-likeness (QED) is 0.0536. The van der Waals surface area contributed by atoms with E-state index in [1.54, 1.807) is 12.1 Å². The molecule has 23 N–H and O–H groups in total. The van der Waals surface area contributed by atoms with Crippen LogP contribution >= 0.6 is 0 Å². The normalized spacial score (nSPS) is 41.4. The molecule has 26 atom stereocenters. The monoisotopic (exact) mass is 1320 g/mol. The van der Waals surface area contributed by atoms with Gasteiger partial charge in [0.15, 0.2) is 30.4 Å². The van der Waals surface area contributed by atoms with Crippen LogP contribution in [0.15, 0.2) is 42.0 Å². The van der Waals surface area contributed by atoms with Crippen LogP contribution in [0.5, 0.6) is 5.88 Å². The SMILES string of the molecule is CCCCOc1cc(C(=O)NCCN(CC)CC)c2ccccc2n1.C[C@]12CCC(=O)C=C1CC[C@@H]1C2[C@@H](O)C[C@@]2(C)[C@H]1CC[C@]2(O)C(=O)CO.NC[C@@H]1O[C@H](O[C@H]2[C@@H](O)[C@H](O[C@@H]3[C@@H](O)[C@H](N)C[C@H](N)[C@H]3O[C@H]3O[C@H](CN)[C@@H](O)[C@H](O)[C@H]3N)O[C@@H]2CO)[C@H](N)[C@@H](O)[C@@H]1O. The third-order valence-corrected chi connectivity index (χ3v) is 21.3. The van der Waals surface area contributed by atoms with Gasteiger partial charge in [0.1, 0.15) is 79.4 Å². The van der Waals surface area contributed by atoms with Crippen LogP contribution in [0.25, 0.3) is 10.9 Å². The van der Waals surface area contributed by atoms with Crippen LogP contribution in [0.4, 0.5) is 0 Å². The minimum Gasteiger partial charge on any atom is -0.478 e. The summed E-state index contributed by atoms with van der Waals surface area (Å²) in [6.45, 7) is 12.9. The average molecular weight is 1320 g/mol. The van der Waals surface area contributed by atoms with E-state index in [2.05, 4.69) is 42.9 Å². The van der Waals surface area contributed by atoms with Crippen LogP contribution in [0.2, 0.25) is 0 Å². The number of aliphatic hydroxyl groups excluding tert-OH is 9. The summed E-state index contributed by atoms with van der Waals surface area (Å²) in [6, 6.07) is 5.26. The first-order valence-electron chi connectivity index (χ1n) is 33.1. The molecule has 10 rings (SSSR count). The molecule has 1 aromatic heterocycles. The number of rotatable bonds is 21. The molecule has 29 heteroatoms. The third-order valence-electron chi connectivity index (χ3n) is 21.3. The van der Waals surface area contributed by atoms with E-state index in [4.69, 9.17) is 67.6 Å². The largest absolute Gasteiger partial charge is 0.478 e. The van der Waals surface area contributed by atoms with E-state index in [-0.39, 0.29) is 54.4 Å². The second kappa shape index (κ2) is 32.2. The number of para-hydroxylation sites is 1. The molecule has 0 spiro atoms. The molecular formula is C64H105N9O20. The number of carbonyl (C=O) groups excluding carboxylic acids is 3. The number of pyridine rings is 1. The first kappa shape index (κ1) is 74.8. The van der Waals surface area contributed by atoms with Crippen LogP contribution in [0.3, 0.4) is 0 Å². The highest BCUT2D eigenvalue weighted by molar-refractivity contribution is 6.06. The number of nitrogens with zero attached hydrogens (tertiary/aromatic N) is 2. The fraction of sp³-hybridized carbons (Fsp3) is 0.781. The van der Waals surface area contributed by atoms with Crippen LogP contribution < -0.4 is 44.5 Å². The van der Waals surface area contributed by atoms with E-state index in [1.165, 1.54) is 5.57 Å². The lowest BCUT2D eigenvalue weighted by molar-refractivity contribution is -0.306. The highest BCUT2D eigenvalue weighted by Crippen LogP contribution is 2.67. The van der Waals surface area contributed by atoms with E-state index >= 15 is 0 Å². The molecule has 1 unspecified atom stereocenters. The van der Waals surface area contributed by atoms with Gasteiger partial charge in [0.25, 0.3) is 5.91 Å². The summed E-state index contributed by atoms with van der Waals surface area (Å²) < 4.78 is 40.4. The average Bonchev–Trinajstić information content (AvgIpc) is 1.64. The fourth-order valence-electron chi connectivity index (χ4n) is 15.7. The molecule has 8 aliphatic rings. The van der Waals surface area contributed by atoms with Crippen molar-refractivity contribution in [1.29, 1.82) is 0 Å². The van der Waals surface area contributed by atoms with E-state index < -0.39 is 152 Å². The van der Waals surface area contributed by atoms with Crippen LogP contribution in [0.1, 0.15) is 109 Å². The Bertz CT molecular complexity index is 2830. The predicted molar refractivity (Wildman–Crippen MR) is 336 cm³/mol. The standard InChI is InChI=1S/C23H46N6O13.C21H30O5.C20H29N3O2/c24-2-7-13(32)15(34)10(28)21(37-7)40-18-6(27)1-5(26)12(31)20(18)42-23-17(36)19(9(4-30)39-23)41-22-11(29)16(35)14(33)8(3-25)38-22;1-19-7-5-13(23)9-12(19)3-4-14-15-6-8-21(26,17(25)11-22)20(15,2)10-16(24)18(14)19;1-4-7-14-25-19-15-17(16-10-8-9-11-18(16)22-19)20(24)21-12-13-23(5-2)6-3/h5-23,30-36H,1-4,24-29H2;9,14-16,18,22,24,26H,3-8,10-11H2,1-2H3;8-11,15H,4-7,12-14H2,1-3H3,(H,21,24)/t5-,6+,7-,8+,9-,10-,11-,12+,13-,14-,15-,16-,17-,18-,19-,20-,21-,22-,23+;14-,15-,16-,18?,19-,20-,21-;/m10./s1. The number of allylic oxidation sites excluding steroid dienone is 1. The van der Waals surface area contributed by atoms with Crippen molar-refractivity contribution in [3.8, 4) is 5.88 Å². The minimum atomic E-state index is -1.60. The number of ether oxygens (including phenoxy) is 7. The summed E-state index contributed by atoms with van der Waals surface area (Å²) in [7, 11) is 0. The number of nitrogens with two attached hydrogens (primary N) is 6. The highest BCUT2D eigenvalue weighted by atomic mass is 16.8. The van der Waals surface area contributed by atoms with Gasteiger partial charge in [-0.15, -0.1) is 0 Å². The predicted octanol–water partition coefficient (Wildman–Crippen LogP) is -3.63. The lowest BCUT2D eigenvalue weighted by Crippen LogP contribution is -2.68. The lowest BCUT2D eigenvalue weighted by Gasteiger charge is -2.60. The number of hydrogen-bond donors (Lipinski definition) is 17. The van der Waals surface area contributed by atoms with E-state index in [9.17, 15) is 65.4 Å². The fourth-order valence-corrected chi connectivity index (χ4v) is 15.7. The number of benzene rings is 1. The topological polar surface area (TPSA) is 502 Å². The number of aromatic nitrogens is 1. The molecule has 526 valence electrons. The summed E-state index contributed by atoms with van der Waals surface area (Å²) in [4.78, 5) is 43.7. The summed E-state index contributed by atoms with van der Waals surface area (Å²) >= 11 is 0. The number of aliphatic hydroxyl groups is 10. The molecule has 5 aliphatic carbocycles. The van der Waals surface area contributed by atoms with Gasteiger partial charge in [-0.05, 0) is 99.8 Å². The number of nitrogens with one attached hydrogen (secondary N) is 1. The summed E-state index contributed by atoms with van der Waals surface area (Å²) in [5.41, 5.74) is 35.8. The van der Waals surface area contributed by atoms with Crippen molar-refractivity contribution >= 4 is 28.4 Å². The van der Waals surface area contributed by atoms with Crippen molar-refractivity contribution in [2.45, 2.75) is 227 Å². The number of likely N-dealkylation sites (N-methyl/N-ethyl adjacent to an activating group) is 1. The number of unbranched alkanes of at least 4 members (excludes halogenated alkanes) is 1. The maximum Gasteiger partial charge on any atom is 0.252 e. The molecule has 1 aromatic carbocycles. The zero-order valence-electron chi connectivity index (χ0n) is 54.1. The molecule has 3 aliphatic heterocycles.